The van der Waals surface area contributed by atoms with Gasteiger partial charge in [-0.15, -0.1) is 0 Å². The van der Waals surface area contributed by atoms with E-state index in [1.807, 2.05) is 56.3 Å². The number of carbonyl (C=O) groups is 1. The number of carbonyl (C=O) groups excluding carboxylic acids is 1. The van der Waals surface area contributed by atoms with Gasteiger partial charge in [-0.05, 0) is 42.8 Å². The lowest BCUT2D eigenvalue weighted by molar-refractivity contribution is -0.132. The molecule has 2 aromatic carbocycles. The van der Waals surface area contributed by atoms with Crippen molar-refractivity contribution >= 4 is 38.4 Å². The van der Waals surface area contributed by atoms with Crippen LogP contribution in [0.3, 0.4) is 0 Å². The van der Waals surface area contributed by atoms with E-state index in [4.69, 9.17) is 0 Å². The predicted molar refractivity (Wildman–Crippen MR) is 116 cm³/mol. The Hall–Kier alpha value is -2.67. The van der Waals surface area contributed by atoms with Gasteiger partial charge in [-0.3, -0.25) is 14.2 Å². The van der Waals surface area contributed by atoms with E-state index in [1.165, 1.54) is 10.9 Å². The summed E-state index contributed by atoms with van der Waals surface area (Å²) in [6, 6.07) is 13.5. The van der Waals surface area contributed by atoms with Crippen molar-refractivity contribution in [2.45, 2.75) is 20.0 Å². The molecule has 0 bridgehead atoms. The Kier molecular flexibility index (Phi) is 6.14. The van der Waals surface area contributed by atoms with Gasteiger partial charge in [0.1, 0.15) is 6.54 Å². The summed E-state index contributed by atoms with van der Waals surface area (Å²) in [7, 11) is 3.98. The number of hydrogen-bond acceptors (Lipinski definition) is 4. The van der Waals surface area contributed by atoms with E-state index in [2.05, 4.69) is 20.9 Å². The van der Waals surface area contributed by atoms with Gasteiger partial charge in [0, 0.05) is 37.3 Å². The van der Waals surface area contributed by atoms with Crippen LogP contribution in [0.2, 0.25) is 0 Å². The normalized spacial score (nSPS) is 10.9. The average Bonchev–Trinajstić information content (AvgIpc) is 2.69. The van der Waals surface area contributed by atoms with E-state index in [1.54, 1.807) is 17.0 Å². The second-order valence-electron chi connectivity index (χ2n) is 6.81. The number of halogens is 1. The van der Waals surface area contributed by atoms with Crippen molar-refractivity contribution in [2.24, 2.45) is 0 Å². The monoisotopic (exact) mass is 442 g/mol. The van der Waals surface area contributed by atoms with E-state index in [9.17, 15) is 9.59 Å². The van der Waals surface area contributed by atoms with Gasteiger partial charge in [-0.2, -0.15) is 0 Å². The van der Waals surface area contributed by atoms with Crippen molar-refractivity contribution in [3.8, 4) is 0 Å². The third kappa shape index (κ3) is 4.42. The second-order valence-corrected chi connectivity index (χ2v) is 7.72. The second kappa shape index (κ2) is 8.56. The number of aromatic nitrogens is 2. The van der Waals surface area contributed by atoms with Crippen molar-refractivity contribution in [3.05, 3.63) is 69.2 Å². The van der Waals surface area contributed by atoms with E-state index in [-0.39, 0.29) is 18.0 Å². The van der Waals surface area contributed by atoms with Gasteiger partial charge in [0.05, 0.1) is 17.2 Å². The molecule has 146 valence electrons. The first kappa shape index (κ1) is 20.1. The van der Waals surface area contributed by atoms with Crippen LogP contribution in [0.1, 0.15) is 12.5 Å². The van der Waals surface area contributed by atoms with Gasteiger partial charge in [-0.25, -0.2) is 4.98 Å². The van der Waals surface area contributed by atoms with Crippen molar-refractivity contribution in [1.82, 2.24) is 14.5 Å². The number of rotatable bonds is 6. The zero-order chi connectivity index (χ0) is 20.3. The maximum absolute atomic E-state index is 12.8. The van der Waals surface area contributed by atoms with Gasteiger partial charge in [0.25, 0.3) is 5.56 Å². The third-order valence-electron chi connectivity index (χ3n) is 4.65. The highest BCUT2D eigenvalue weighted by molar-refractivity contribution is 9.10. The van der Waals surface area contributed by atoms with Crippen LogP contribution >= 0.6 is 15.9 Å². The molecule has 3 aromatic rings. The highest BCUT2D eigenvalue weighted by atomic mass is 79.9. The molecule has 3 rings (SSSR count). The van der Waals surface area contributed by atoms with E-state index >= 15 is 0 Å². The molecule has 1 aromatic heterocycles. The number of nitrogens with zero attached hydrogens (tertiary/aromatic N) is 4. The fourth-order valence-corrected chi connectivity index (χ4v) is 3.35. The first-order chi connectivity index (χ1) is 13.4. The summed E-state index contributed by atoms with van der Waals surface area (Å²) in [6.07, 6.45) is 1.44. The highest BCUT2D eigenvalue weighted by Crippen LogP contribution is 2.16. The molecule has 0 aliphatic carbocycles. The maximum Gasteiger partial charge on any atom is 0.261 e. The minimum Gasteiger partial charge on any atom is -0.378 e. The zero-order valence-corrected chi connectivity index (χ0v) is 17.8. The lowest BCUT2D eigenvalue weighted by Gasteiger charge is -2.22. The topological polar surface area (TPSA) is 58.4 Å². The van der Waals surface area contributed by atoms with Crippen molar-refractivity contribution in [2.75, 3.05) is 25.5 Å². The number of likely N-dealkylation sites (N-methyl/N-ethyl adjacent to an activating group) is 1. The molecule has 0 saturated carbocycles. The lowest BCUT2D eigenvalue weighted by Crippen LogP contribution is -2.36. The van der Waals surface area contributed by atoms with Gasteiger partial charge in [0.2, 0.25) is 5.91 Å². The molecule has 1 amide bonds. The molecule has 1 heterocycles. The molecule has 0 unspecified atom stereocenters. The fourth-order valence-electron chi connectivity index (χ4n) is 2.99. The molecule has 7 heteroatoms. The van der Waals surface area contributed by atoms with Crippen molar-refractivity contribution in [3.63, 3.8) is 0 Å². The van der Waals surface area contributed by atoms with Gasteiger partial charge in [-0.1, -0.05) is 28.1 Å². The van der Waals surface area contributed by atoms with E-state index < -0.39 is 0 Å². The molecule has 6 nitrogen and oxygen atoms in total. The maximum atomic E-state index is 12.8. The summed E-state index contributed by atoms with van der Waals surface area (Å²) in [5.41, 5.74) is 2.56. The van der Waals surface area contributed by atoms with Crippen LogP contribution in [0, 0.1) is 0 Å². The number of amides is 1. The summed E-state index contributed by atoms with van der Waals surface area (Å²) in [5, 5.41) is 0.493. The zero-order valence-electron chi connectivity index (χ0n) is 16.2. The Labute approximate surface area is 172 Å². The van der Waals surface area contributed by atoms with Crippen LogP contribution in [-0.2, 0) is 17.9 Å². The molecular formula is C21H23BrN4O2. The minimum absolute atomic E-state index is 0.0299. The van der Waals surface area contributed by atoms with Crippen LogP contribution in [0.4, 0.5) is 5.69 Å². The fraction of sp³-hybridized carbons (Fsp3) is 0.286. The van der Waals surface area contributed by atoms with Crippen LogP contribution in [-0.4, -0.2) is 41.0 Å². The van der Waals surface area contributed by atoms with Gasteiger partial charge < -0.3 is 9.80 Å². The van der Waals surface area contributed by atoms with Crippen molar-refractivity contribution in [1.29, 1.82) is 0 Å². The first-order valence-corrected chi connectivity index (χ1v) is 9.87. The molecule has 0 saturated heterocycles. The van der Waals surface area contributed by atoms with Gasteiger partial charge >= 0.3 is 0 Å². The molecule has 0 N–H and O–H groups in total. The quantitative estimate of drug-likeness (QED) is 0.587. The smallest absolute Gasteiger partial charge is 0.261 e. The molecule has 0 aliphatic rings. The van der Waals surface area contributed by atoms with Crippen LogP contribution in [0.5, 0.6) is 0 Å². The average molecular weight is 443 g/mol. The Bertz CT molecular complexity index is 1040. The highest BCUT2D eigenvalue weighted by Gasteiger charge is 2.15. The minimum atomic E-state index is -0.217. The molecule has 0 atom stereocenters. The summed E-state index contributed by atoms with van der Waals surface area (Å²) >= 11 is 3.37. The van der Waals surface area contributed by atoms with E-state index in [0.717, 1.165) is 15.7 Å². The van der Waals surface area contributed by atoms with Crippen molar-refractivity contribution < 1.29 is 4.79 Å². The lowest BCUT2D eigenvalue weighted by atomic mass is 10.2. The Morgan fingerprint density at radius 1 is 1.14 bits per heavy atom. The molecular weight excluding hydrogens is 420 g/mol. The number of anilines is 1. The molecule has 0 spiro atoms. The summed E-state index contributed by atoms with van der Waals surface area (Å²) in [5.74, 6) is -0.113. The first-order valence-electron chi connectivity index (χ1n) is 9.07. The Morgan fingerprint density at radius 2 is 1.86 bits per heavy atom. The standard InChI is InChI=1S/C21H23BrN4O2/c1-4-25(12-15-5-8-17(9-6-15)24(2)3)20(27)13-26-14-23-19-10-7-16(22)11-18(19)21(26)28/h5-11,14H,4,12-13H2,1-3H3. The van der Waals surface area contributed by atoms with Crippen LogP contribution in [0.25, 0.3) is 10.9 Å². The van der Waals surface area contributed by atoms with Crippen LogP contribution < -0.4 is 10.5 Å². The predicted octanol–water partition coefficient (Wildman–Crippen LogP) is 3.27. The third-order valence-corrected chi connectivity index (χ3v) is 5.15. The Balaban J connectivity index is 1.77. The summed E-state index contributed by atoms with van der Waals surface area (Å²) < 4.78 is 2.17. The Morgan fingerprint density at radius 3 is 2.50 bits per heavy atom. The van der Waals surface area contributed by atoms with E-state index in [0.29, 0.717) is 24.0 Å². The largest absolute Gasteiger partial charge is 0.378 e. The molecule has 28 heavy (non-hydrogen) atoms. The van der Waals surface area contributed by atoms with Crippen LogP contribution in [0.15, 0.2) is 58.1 Å². The SMILES string of the molecule is CCN(Cc1ccc(N(C)C)cc1)C(=O)Cn1cnc2ccc(Br)cc2c1=O. The molecule has 0 fully saturated rings. The number of fused-ring (bicyclic) bond motifs is 1. The molecule has 0 radical (unpaired) electrons. The summed E-state index contributed by atoms with van der Waals surface area (Å²) in [6.45, 7) is 2.97. The summed E-state index contributed by atoms with van der Waals surface area (Å²) in [4.78, 5) is 33.6. The number of hydrogen-bond donors (Lipinski definition) is 0. The number of benzene rings is 2. The van der Waals surface area contributed by atoms with Gasteiger partial charge in [0.15, 0.2) is 0 Å². The molecule has 0 aliphatic heterocycles.